The maximum absolute atomic E-state index is 12.3. The fraction of sp³-hybridized carbons (Fsp3) is 0.421. The molecule has 0 saturated heterocycles. The fourth-order valence-electron chi connectivity index (χ4n) is 2.29. The highest BCUT2D eigenvalue weighted by atomic mass is 16.5. The fourth-order valence-corrected chi connectivity index (χ4v) is 2.29. The summed E-state index contributed by atoms with van der Waals surface area (Å²) in [5.41, 5.74) is 2.92. The van der Waals surface area contributed by atoms with Crippen LogP contribution in [0.4, 0.5) is 21.9 Å². The minimum absolute atomic E-state index is 0.124. The topological polar surface area (TPSA) is 156 Å². The second-order valence-electron chi connectivity index (χ2n) is 5.94. The van der Waals surface area contributed by atoms with Gasteiger partial charge in [-0.1, -0.05) is 0 Å². The van der Waals surface area contributed by atoms with Crippen LogP contribution in [0.25, 0.3) is 0 Å². The Hall–Kier alpha value is -3.83. The van der Waals surface area contributed by atoms with E-state index in [9.17, 15) is 19.2 Å². The molecule has 31 heavy (non-hydrogen) atoms. The first kappa shape index (κ1) is 25.2. The molecular formula is C19H27N5O7. The number of carbonyl (C=O) groups excluding carboxylic acids is 4. The number of benzene rings is 1. The van der Waals surface area contributed by atoms with Gasteiger partial charge in [-0.25, -0.2) is 15.0 Å². The quantitative estimate of drug-likeness (QED) is 0.245. The van der Waals surface area contributed by atoms with Crippen molar-refractivity contribution in [2.45, 2.75) is 33.7 Å². The average molecular weight is 437 g/mol. The van der Waals surface area contributed by atoms with Gasteiger partial charge in [-0.05, 0) is 19.9 Å². The van der Waals surface area contributed by atoms with E-state index in [-0.39, 0.29) is 41.9 Å². The molecule has 0 spiro atoms. The van der Waals surface area contributed by atoms with Crippen molar-refractivity contribution in [2.24, 2.45) is 5.10 Å². The molecule has 0 heterocycles. The Morgan fingerprint density at radius 1 is 0.968 bits per heavy atom. The van der Waals surface area contributed by atoms with Gasteiger partial charge in [0.1, 0.15) is 5.75 Å². The molecule has 4 N–H and O–H groups in total. The van der Waals surface area contributed by atoms with Crippen molar-refractivity contribution in [3.63, 3.8) is 0 Å². The molecule has 12 nitrogen and oxygen atoms in total. The van der Waals surface area contributed by atoms with E-state index in [1.54, 1.807) is 13.8 Å². The van der Waals surface area contributed by atoms with E-state index < -0.39 is 24.0 Å². The molecule has 1 unspecified atom stereocenters. The average Bonchev–Trinajstić information content (AvgIpc) is 2.68. The monoisotopic (exact) mass is 437 g/mol. The van der Waals surface area contributed by atoms with E-state index in [1.165, 1.54) is 33.1 Å². The van der Waals surface area contributed by atoms with Gasteiger partial charge in [-0.2, -0.15) is 5.10 Å². The summed E-state index contributed by atoms with van der Waals surface area (Å²) in [5.74, 6) is -1.21. The second-order valence-corrected chi connectivity index (χ2v) is 5.94. The van der Waals surface area contributed by atoms with E-state index in [0.29, 0.717) is 0 Å². The second kappa shape index (κ2) is 12.7. The Balaban J connectivity index is 3.35. The largest absolute Gasteiger partial charge is 0.495 e. The number of hydrogen-bond donors (Lipinski definition) is 4. The number of esters is 1. The third-order valence-electron chi connectivity index (χ3n) is 3.46. The normalized spacial score (nSPS) is 11.3. The van der Waals surface area contributed by atoms with Gasteiger partial charge in [0.15, 0.2) is 6.04 Å². The van der Waals surface area contributed by atoms with Crippen LogP contribution in [0.2, 0.25) is 0 Å². The molecule has 1 atom stereocenters. The summed E-state index contributed by atoms with van der Waals surface area (Å²) in [6, 6.07) is 1.81. The van der Waals surface area contributed by atoms with E-state index in [0.717, 1.165) is 6.21 Å². The van der Waals surface area contributed by atoms with E-state index in [2.05, 4.69) is 26.5 Å². The number of carbonyl (C=O) groups is 4. The third-order valence-corrected chi connectivity index (χ3v) is 3.46. The highest BCUT2D eigenvalue weighted by Gasteiger charge is 2.21. The van der Waals surface area contributed by atoms with Gasteiger partial charge in [0.2, 0.25) is 11.8 Å². The molecule has 0 radical (unpaired) electrons. The molecule has 0 aliphatic rings. The summed E-state index contributed by atoms with van der Waals surface area (Å²) in [6.45, 7) is 6.13. The van der Waals surface area contributed by atoms with Crippen LogP contribution in [0, 0.1) is 0 Å². The zero-order chi connectivity index (χ0) is 23.4. The first-order valence-corrected chi connectivity index (χ1v) is 9.38. The van der Waals surface area contributed by atoms with Gasteiger partial charge in [-0.3, -0.25) is 14.9 Å². The summed E-state index contributed by atoms with van der Waals surface area (Å²) in [5, 5.41) is 11.7. The maximum atomic E-state index is 12.3. The predicted octanol–water partition coefficient (Wildman–Crippen LogP) is 1.69. The Kier molecular flexibility index (Phi) is 10.3. The molecular weight excluding hydrogens is 410 g/mol. The lowest BCUT2D eigenvalue weighted by Gasteiger charge is -2.20. The maximum Gasteiger partial charge on any atom is 0.411 e. The highest BCUT2D eigenvalue weighted by molar-refractivity contribution is 6.01. The lowest BCUT2D eigenvalue weighted by atomic mass is 10.2. The molecule has 0 saturated carbocycles. The molecule has 0 bridgehead atoms. The van der Waals surface area contributed by atoms with Gasteiger partial charge < -0.3 is 24.8 Å². The van der Waals surface area contributed by atoms with Crippen LogP contribution < -0.4 is 26.1 Å². The zero-order valence-corrected chi connectivity index (χ0v) is 18.0. The van der Waals surface area contributed by atoms with E-state index in [1.807, 2.05) is 0 Å². The van der Waals surface area contributed by atoms with Gasteiger partial charge in [0.05, 0.1) is 43.6 Å². The molecule has 0 aromatic heterocycles. The molecule has 0 aliphatic heterocycles. The predicted molar refractivity (Wildman–Crippen MR) is 114 cm³/mol. The summed E-state index contributed by atoms with van der Waals surface area (Å²) in [7, 11) is 1.39. The van der Waals surface area contributed by atoms with E-state index in [4.69, 9.17) is 14.2 Å². The van der Waals surface area contributed by atoms with Crippen molar-refractivity contribution >= 4 is 47.2 Å². The number of hydrazone groups is 1. The molecule has 0 aliphatic carbocycles. The number of anilines is 3. The Labute approximate surface area is 179 Å². The molecule has 0 fully saturated rings. The van der Waals surface area contributed by atoms with Crippen molar-refractivity contribution in [1.82, 2.24) is 5.43 Å². The Bertz CT molecular complexity index is 841. The van der Waals surface area contributed by atoms with Crippen LogP contribution in [0.1, 0.15) is 27.7 Å². The van der Waals surface area contributed by atoms with Gasteiger partial charge in [-0.15, -0.1) is 0 Å². The molecule has 3 amide bonds. The zero-order valence-electron chi connectivity index (χ0n) is 18.0. The van der Waals surface area contributed by atoms with E-state index >= 15 is 0 Å². The number of ether oxygens (including phenoxy) is 3. The van der Waals surface area contributed by atoms with Crippen molar-refractivity contribution < 1.29 is 33.4 Å². The van der Waals surface area contributed by atoms with Crippen LogP contribution in [0.3, 0.4) is 0 Å². The Morgan fingerprint density at radius 3 is 2.16 bits per heavy atom. The highest BCUT2D eigenvalue weighted by Crippen LogP contribution is 2.35. The standard InChI is InChI=1S/C19H27N5O7/c1-6-30-18(27)16(10-20-24-12(4)26)22-15-8-13(23-19(28)31-7-2)14(21-11(3)25)9-17(15)29-5/h8-10,16,22H,6-7H2,1-5H3,(H,21,25)(H,23,28)(H,24,26)/b20-10-. The van der Waals surface area contributed by atoms with Crippen molar-refractivity contribution in [3.05, 3.63) is 12.1 Å². The molecule has 12 heteroatoms. The van der Waals surface area contributed by atoms with Crippen molar-refractivity contribution in [3.8, 4) is 5.75 Å². The number of hydrogen-bond acceptors (Lipinski definition) is 9. The number of nitrogens with zero attached hydrogens (tertiary/aromatic N) is 1. The number of amides is 3. The van der Waals surface area contributed by atoms with Gasteiger partial charge in [0, 0.05) is 19.9 Å². The SMILES string of the molecule is CCOC(=O)Nc1cc(NC(/C=N\NC(C)=O)C(=O)OCC)c(OC)cc1NC(C)=O. The third kappa shape index (κ3) is 8.60. The Morgan fingerprint density at radius 2 is 1.61 bits per heavy atom. The smallest absolute Gasteiger partial charge is 0.411 e. The van der Waals surface area contributed by atoms with Crippen LogP contribution in [0.15, 0.2) is 17.2 Å². The van der Waals surface area contributed by atoms with Gasteiger partial charge >= 0.3 is 12.1 Å². The van der Waals surface area contributed by atoms with Crippen molar-refractivity contribution in [2.75, 3.05) is 36.3 Å². The number of methoxy groups -OCH3 is 1. The number of nitrogens with one attached hydrogen (secondary N) is 4. The minimum atomic E-state index is -1.09. The summed E-state index contributed by atoms with van der Waals surface area (Å²) in [4.78, 5) is 46.8. The molecule has 1 aromatic carbocycles. The van der Waals surface area contributed by atoms with Gasteiger partial charge in [0.25, 0.3) is 0 Å². The van der Waals surface area contributed by atoms with Crippen LogP contribution in [-0.4, -0.2) is 56.5 Å². The van der Waals surface area contributed by atoms with Crippen LogP contribution in [0.5, 0.6) is 5.75 Å². The summed E-state index contributed by atoms with van der Waals surface area (Å²) in [6.07, 6.45) is 0.415. The lowest BCUT2D eigenvalue weighted by molar-refractivity contribution is -0.142. The van der Waals surface area contributed by atoms with Crippen LogP contribution >= 0.6 is 0 Å². The minimum Gasteiger partial charge on any atom is -0.495 e. The summed E-state index contributed by atoms with van der Waals surface area (Å²) >= 11 is 0. The number of rotatable bonds is 10. The summed E-state index contributed by atoms with van der Waals surface area (Å²) < 4.78 is 15.2. The molecule has 1 aromatic rings. The van der Waals surface area contributed by atoms with Crippen LogP contribution in [-0.2, 0) is 23.9 Å². The van der Waals surface area contributed by atoms with Crippen molar-refractivity contribution in [1.29, 1.82) is 0 Å². The molecule has 1 rings (SSSR count). The molecule has 170 valence electrons. The first-order chi connectivity index (χ1) is 14.7. The first-order valence-electron chi connectivity index (χ1n) is 9.38. The lowest BCUT2D eigenvalue weighted by Crippen LogP contribution is -2.34.